The van der Waals surface area contributed by atoms with E-state index in [4.69, 9.17) is 0 Å². The number of rotatable bonds is 6. The molecule has 0 radical (unpaired) electrons. The molecule has 0 aromatic heterocycles. The number of halogens is 2. The zero-order chi connectivity index (χ0) is 34.1. The average molecular weight is 638 g/mol. The first-order chi connectivity index (χ1) is 23.8. The molecule has 49 heavy (non-hydrogen) atoms. The Balaban J connectivity index is 1.44. The van der Waals surface area contributed by atoms with Crippen molar-refractivity contribution < 1.29 is 8.78 Å². The van der Waals surface area contributed by atoms with Gasteiger partial charge in [0.1, 0.15) is 11.6 Å². The first kappa shape index (κ1) is 31.2. The molecule has 2 aliphatic rings. The fourth-order valence-corrected chi connectivity index (χ4v) is 6.71. The maximum atomic E-state index is 13.6. The van der Waals surface area contributed by atoms with E-state index in [2.05, 4.69) is 19.1 Å². The molecule has 3 nitrogen and oxygen atoms in total. The lowest BCUT2D eigenvalue weighted by atomic mass is 9.79. The van der Waals surface area contributed by atoms with Crippen LogP contribution in [0.1, 0.15) is 35.6 Å². The lowest BCUT2D eigenvalue weighted by Crippen LogP contribution is -2.09. The second kappa shape index (κ2) is 13.0. The van der Waals surface area contributed by atoms with Gasteiger partial charge in [-0.3, -0.25) is 5.41 Å². The van der Waals surface area contributed by atoms with Crippen molar-refractivity contribution in [1.82, 2.24) is 0 Å². The zero-order valence-electron chi connectivity index (χ0n) is 26.6. The molecule has 2 aliphatic carbocycles. The number of nitrogens with one attached hydrogen (secondary N) is 1. The minimum Gasteiger partial charge on any atom is -0.300 e. The molecule has 1 N–H and O–H groups in total. The molecule has 5 aromatic carbocycles. The average Bonchev–Trinajstić information content (AvgIpc) is 3.44. The van der Waals surface area contributed by atoms with Gasteiger partial charge < -0.3 is 0 Å². The summed E-state index contributed by atoms with van der Waals surface area (Å²) in [6, 6.07) is 40.7. The van der Waals surface area contributed by atoms with Crippen LogP contribution >= 0.6 is 0 Å². The second-order valence-corrected chi connectivity index (χ2v) is 12.3. The number of hydrogen-bond donors (Lipinski definition) is 1. The monoisotopic (exact) mass is 637 g/mol. The first-order valence-corrected chi connectivity index (χ1v) is 16.0. The summed E-state index contributed by atoms with van der Waals surface area (Å²) in [4.78, 5) is 0. The fraction of sp³-hybridized carbons (Fsp3) is 0.0682. The molecule has 0 fully saturated rings. The largest absolute Gasteiger partial charge is 0.300 e. The highest BCUT2D eigenvalue weighted by molar-refractivity contribution is 6.54. The summed E-state index contributed by atoms with van der Waals surface area (Å²) in [6.45, 7) is 2.11. The molecular formula is C44H29F2N3. The van der Waals surface area contributed by atoms with Gasteiger partial charge in [-0.1, -0.05) is 97.9 Å². The molecule has 0 amide bonds. The highest BCUT2D eigenvalue weighted by Gasteiger charge is 2.36. The molecule has 5 aromatic rings. The molecule has 1 unspecified atom stereocenters. The molecular weight excluding hydrogens is 609 g/mol. The molecule has 0 saturated carbocycles. The van der Waals surface area contributed by atoms with E-state index >= 15 is 0 Å². The van der Waals surface area contributed by atoms with Gasteiger partial charge in [0.2, 0.25) is 0 Å². The van der Waals surface area contributed by atoms with Crippen LogP contribution in [-0.2, 0) is 0 Å². The summed E-state index contributed by atoms with van der Waals surface area (Å²) in [5, 5.41) is 29.1. The lowest BCUT2D eigenvalue weighted by Gasteiger charge is -2.24. The van der Waals surface area contributed by atoms with Crippen LogP contribution in [0, 0.1) is 45.6 Å². The standard InChI is InChI=1S/C44H29F2N3/c1-27-24-29(26-48)4-23-39(27)43-40(34-5-2-28(25-47)3-6-34)41(35-11-7-30(8-12-35)32-15-19-37(45)20-16-32)44(49)42(43)36-13-9-31(10-14-36)33-17-21-38(46)22-18-33/h2-23,27,49H,24H2,1H3. The third-order valence-electron chi connectivity index (χ3n) is 9.21. The van der Waals surface area contributed by atoms with E-state index in [-0.39, 0.29) is 17.6 Å². The van der Waals surface area contributed by atoms with Gasteiger partial charge in [0.05, 0.1) is 23.4 Å². The van der Waals surface area contributed by atoms with E-state index in [1.54, 1.807) is 36.4 Å². The van der Waals surface area contributed by atoms with Gasteiger partial charge in [0.15, 0.2) is 0 Å². The topological polar surface area (TPSA) is 71.4 Å². The van der Waals surface area contributed by atoms with Crippen LogP contribution in [0.3, 0.4) is 0 Å². The molecule has 0 heterocycles. The molecule has 0 bridgehead atoms. The smallest absolute Gasteiger partial charge is 0.123 e. The Labute approximate surface area is 284 Å². The van der Waals surface area contributed by atoms with Crippen molar-refractivity contribution in [3.63, 3.8) is 0 Å². The number of hydrogen-bond acceptors (Lipinski definition) is 3. The molecule has 234 valence electrons. The van der Waals surface area contributed by atoms with Gasteiger partial charge in [-0.05, 0) is 110 Å². The van der Waals surface area contributed by atoms with E-state index < -0.39 is 0 Å². The van der Waals surface area contributed by atoms with Crippen LogP contribution in [-0.4, -0.2) is 5.71 Å². The summed E-state index contributed by atoms with van der Waals surface area (Å²) >= 11 is 0. The van der Waals surface area contributed by atoms with Crippen molar-refractivity contribution >= 4 is 22.4 Å². The summed E-state index contributed by atoms with van der Waals surface area (Å²) in [5.41, 5.74) is 12.2. The molecule has 1 atom stereocenters. The maximum absolute atomic E-state index is 13.6. The fourth-order valence-electron chi connectivity index (χ4n) is 6.71. The quantitative estimate of drug-likeness (QED) is 0.201. The van der Waals surface area contributed by atoms with Crippen LogP contribution in [0.25, 0.3) is 39.0 Å². The van der Waals surface area contributed by atoms with Crippen molar-refractivity contribution in [3.8, 4) is 34.4 Å². The van der Waals surface area contributed by atoms with E-state index in [0.717, 1.165) is 66.8 Å². The molecule has 5 heteroatoms. The van der Waals surface area contributed by atoms with E-state index in [1.165, 1.54) is 24.3 Å². The van der Waals surface area contributed by atoms with Crippen LogP contribution in [0.2, 0.25) is 0 Å². The van der Waals surface area contributed by atoms with E-state index in [0.29, 0.717) is 23.3 Å². The summed E-state index contributed by atoms with van der Waals surface area (Å²) in [6.07, 6.45) is 4.46. The first-order valence-electron chi connectivity index (χ1n) is 16.0. The van der Waals surface area contributed by atoms with Crippen molar-refractivity contribution in [1.29, 1.82) is 15.9 Å². The van der Waals surface area contributed by atoms with E-state index in [1.807, 2.05) is 72.8 Å². The highest BCUT2D eigenvalue weighted by atomic mass is 19.1. The third-order valence-corrected chi connectivity index (χ3v) is 9.21. The molecule has 0 spiro atoms. The van der Waals surface area contributed by atoms with Gasteiger partial charge in [0.25, 0.3) is 0 Å². The predicted molar refractivity (Wildman–Crippen MR) is 192 cm³/mol. The maximum Gasteiger partial charge on any atom is 0.123 e. The summed E-state index contributed by atoms with van der Waals surface area (Å²) < 4.78 is 27.3. The molecule has 0 saturated heterocycles. The Morgan fingerprint density at radius 2 is 0.898 bits per heavy atom. The van der Waals surface area contributed by atoms with E-state index in [9.17, 15) is 24.7 Å². The Kier molecular flexibility index (Phi) is 8.27. The minimum absolute atomic E-state index is 0.00419. The van der Waals surface area contributed by atoms with Gasteiger partial charge >= 0.3 is 0 Å². The Morgan fingerprint density at radius 3 is 1.33 bits per heavy atom. The predicted octanol–water partition coefficient (Wildman–Crippen LogP) is 11.0. The Bertz CT molecular complexity index is 2310. The van der Waals surface area contributed by atoms with Crippen molar-refractivity contribution in [3.05, 3.63) is 184 Å². The van der Waals surface area contributed by atoms with Gasteiger partial charge in [0, 0.05) is 16.7 Å². The van der Waals surface area contributed by atoms with Gasteiger partial charge in [-0.2, -0.15) is 10.5 Å². The van der Waals surface area contributed by atoms with Crippen molar-refractivity contribution in [2.75, 3.05) is 0 Å². The summed E-state index contributed by atoms with van der Waals surface area (Å²) in [5.74, 6) is -0.584. The van der Waals surface area contributed by atoms with Gasteiger partial charge in [-0.25, -0.2) is 8.78 Å². The number of nitriles is 2. The lowest BCUT2D eigenvalue weighted by molar-refractivity contribution is 0.627. The normalized spacial score (nSPS) is 15.9. The molecule has 7 rings (SSSR count). The second-order valence-electron chi connectivity index (χ2n) is 12.3. The number of nitrogens with zero attached hydrogens (tertiary/aromatic N) is 2. The van der Waals surface area contributed by atoms with Crippen LogP contribution in [0.4, 0.5) is 8.78 Å². The SMILES string of the molecule is CC1CC(C#N)=CC=C1C1=C(c2ccc(-c3ccc(F)cc3)cc2)C(=N)C(c2ccc(-c3ccc(F)cc3)cc2)=C1c1ccc(C#N)cc1. The number of allylic oxidation sites excluding steroid dienone is 8. The Hall–Kier alpha value is -6.43. The minimum atomic E-state index is -0.295. The molecule has 0 aliphatic heterocycles. The third kappa shape index (κ3) is 5.95. The van der Waals surface area contributed by atoms with Crippen molar-refractivity contribution in [2.24, 2.45) is 5.92 Å². The van der Waals surface area contributed by atoms with Crippen LogP contribution in [0.5, 0.6) is 0 Å². The van der Waals surface area contributed by atoms with Crippen LogP contribution < -0.4 is 0 Å². The van der Waals surface area contributed by atoms with Gasteiger partial charge in [-0.15, -0.1) is 0 Å². The highest BCUT2D eigenvalue weighted by Crippen LogP contribution is 2.51. The van der Waals surface area contributed by atoms with Crippen LogP contribution in [0.15, 0.2) is 150 Å². The number of benzene rings is 5. The Morgan fingerprint density at radius 1 is 0.510 bits per heavy atom. The zero-order valence-corrected chi connectivity index (χ0v) is 26.6. The summed E-state index contributed by atoms with van der Waals surface area (Å²) in [7, 11) is 0. The van der Waals surface area contributed by atoms with Crippen molar-refractivity contribution in [2.45, 2.75) is 13.3 Å².